The van der Waals surface area contributed by atoms with Crippen LogP contribution < -0.4 is 0 Å². The molecule has 0 fully saturated rings. The van der Waals surface area contributed by atoms with Crippen LogP contribution in [0.4, 0.5) is 0 Å². The lowest BCUT2D eigenvalue weighted by atomic mass is 9.91. The molecule has 0 saturated heterocycles. The topological polar surface area (TPSA) is 66.8 Å². The van der Waals surface area contributed by atoms with E-state index in [4.69, 9.17) is 14.9 Å². The van der Waals surface area contributed by atoms with Gasteiger partial charge in [0.1, 0.15) is 6.61 Å². The zero-order valence-electron chi connectivity index (χ0n) is 18.4. The van der Waals surface area contributed by atoms with Gasteiger partial charge in [0, 0.05) is 0 Å². The lowest BCUT2D eigenvalue weighted by Gasteiger charge is -2.15. The van der Waals surface area contributed by atoms with Crippen molar-refractivity contribution in [1.29, 1.82) is 0 Å². The minimum absolute atomic E-state index is 0.159. The molecule has 0 bridgehead atoms. The van der Waals surface area contributed by atoms with Crippen molar-refractivity contribution in [3.63, 3.8) is 0 Å². The van der Waals surface area contributed by atoms with Crippen molar-refractivity contribution < 1.29 is 19.7 Å². The third kappa shape index (κ3) is 15.8. The third-order valence-corrected chi connectivity index (χ3v) is 5.24. The van der Waals surface area contributed by atoms with Crippen molar-refractivity contribution in [1.82, 2.24) is 0 Å². The van der Waals surface area contributed by atoms with Gasteiger partial charge in [-0.25, -0.2) is 4.79 Å². The van der Waals surface area contributed by atoms with Crippen molar-refractivity contribution in [2.24, 2.45) is 17.8 Å². The molecule has 0 aromatic rings. The van der Waals surface area contributed by atoms with Gasteiger partial charge < -0.3 is 14.9 Å². The molecule has 0 spiro atoms. The Hall–Kier alpha value is -0.870. The summed E-state index contributed by atoms with van der Waals surface area (Å²) in [5.74, 6) is 1.67. The molecular formula is C23H44O4. The van der Waals surface area contributed by atoms with Crippen LogP contribution in [0.3, 0.4) is 0 Å². The predicted molar refractivity (Wildman–Crippen MR) is 113 cm³/mol. The van der Waals surface area contributed by atoms with Crippen molar-refractivity contribution in [2.45, 2.75) is 98.5 Å². The maximum atomic E-state index is 11.2. The van der Waals surface area contributed by atoms with E-state index in [1.165, 1.54) is 50.5 Å². The number of hydrogen-bond acceptors (Lipinski definition) is 4. The Morgan fingerprint density at radius 3 is 1.96 bits per heavy atom. The van der Waals surface area contributed by atoms with Gasteiger partial charge in [-0.3, -0.25) is 0 Å². The summed E-state index contributed by atoms with van der Waals surface area (Å²) < 4.78 is 4.88. The molecule has 4 heteroatoms. The summed E-state index contributed by atoms with van der Waals surface area (Å²) in [6.45, 7) is 10.9. The first kappa shape index (κ1) is 26.1. The molecule has 3 unspecified atom stereocenters. The number of carbonyl (C=O) groups excluding carboxylic acids is 1. The maximum Gasteiger partial charge on any atom is 0.337 e. The predicted octanol–water partition coefficient (Wildman–Crippen LogP) is 5.27. The minimum atomic E-state index is -1.43. The van der Waals surface area contributed by atoms with E-state index >= 15 is 0 Å². The highest BCUT2D eigenvalue weighted by Crippen LogP contribution is 2.22. The normalized spacial score (nSPS) is 15.6. The van der Waals surface area contributed by atoms with E-state index in [-0.39, 0.29) is 6.61 Å². The monoisotopic (exact) mass is 384 g/mol. The SMILES string of the molecule is CC(=CCOC(=O)C(O)CO)CCCC(C)CCCC(C)CCCC(C)C. The Morgan fingerprint density at radius 2 is 1.44 bits per heavy atom. The Bertz CT molecular complexity index is 403. The first-order chi connectivity index (χ1) is 12.8. The van der Waals surface area contributed by atoms with Crippen LogP contribution in [0, 0.1) is 17.8 Å². The van der Waals surface area contributed by atoms with Crippen LogP contribution >= 0.6 is 0 Å². The molecule has 0 aromatic heterocycles. The number of ether oxygens (including phenoxy) is 1. The van der Waals surface area contributed by atoms with Crippen molar-refractivity contribution in [2.75, 3.05) is 13.2 Å². The molecule has 0 aliphatic rings. The maximum absolute atomic E-state index is 11.2. The average molecular weight is 385 g/mol. The van der Waals surface area contributed by atoms with E-state index < -0.39 is 18.7 Å². The highest BCUT2D eigenvalue weighted by molar-refractivity contribution is 5.74. The Balaban J connectivity index is 3.73. The van der Waals surface area contributed by atoms with Crippen molar-refractivity contribution in [3.8, 4) is 0 Å². The number of aliphatic hydroxyl groups excluding tert-OH is 2. The fourth-order valence-electron chi connectivity index (χ4n) is 3.25. The fourth-order valence-corrected chi connectivity index (χ4v) is 3.25. The molecule has 3 atom stereocenters. The van der Waals surface area contributed by atoms with Crippen LogP contribution in [0.1, 0.15) is 92.4 Å². The van der Waals surface area contributed by atoms with Crippen molar-refractivity contribution in [3.05, 3.63) is 11.6 Å². The molecule has 160 valence electrons. The van der Waals surface area contributed by atoms with E-state index in [0.29, 0.717) is 0 Å². The summed E-state index contributed by atoms with van der Waals surface area (Å²) in [6, 6.07) is 0. The van der Waals surface area contributed by atoms with E-state index in [0.717, 1.165) is 30.6 Å². The minimum Gasteiger partial charge on any atom is -0.459 e. The van der Waals surface area contributed by atoms with Gasteiger partial charge in [-0.15, -0.1) is 0 Å². The number of carbonyl (C=O) groups is 1. The first-order valence-corrected chi connectivity index (χ1v) is 10.9. The molecule has 0 aliphatic heterocycles. The van der Waals surface area contributed by atoms with Crippen LogP contribution in [0.2, 0.25) is 0 Å². The molecule has 0 aliphatic carbocycles. The number of aliphatic hydroxyl groups is 2. The fraction of sp³-hybridized carbons (Fsp3) is 0.870. The van der Waals surface area contributed by atoms with Crippen LogP contribution in [-0.4, -0.2) is 35.5 Å². The second-order valence-corrected chi connectivity index (χ2v) is 8.74. The third-order valence-electron chi connectivity index (χ3n) is 5.24. The Labute approximate surface area is 167 Å². The van der Waals surface area contributed by atoms with E-state index in [1.54, 1.807) is 0 Å². The summed E-state index contributed by atoms with van der Waals surface area (Å²) in [7, 11) is 0. The summed E-state index contributed by atoms with van der Waals surface area (Å²) in [4.78, 5) is 11.2. The van der Waals surface area contributed by atoms with Gasteiger partial charge in [-0.2, -0.15) is 0 Å². The van der Waals surface area contributed by atoms with Gasteiger partial charge in [0.25, 0.3) is 0 Å². The summed E-state index contributed by atoms with van der Waals surface area (Å²) in [5, 5.41) is 17.8. The van der Waals surface area contributed by atoms with Gasteiger partial charge in [0.05, 0.1) is 6.61 Å². The second-order valence-electron chi connectivity index (χ2n) is 8.74. The van der Waals surface area contributed by atoms with Crippen LogP contribution in [0.5, 0.6) is 0 Å². The number of rotatable bonds is 16. The zero-order chi connectivity index (χ0) is 20.7. The molecule has 0 amide bonds. The number of esters is 1. The van der Waals surface area contributed by atoms with Gasteiger partial charge in [-0.05, 0) is 43.6 Å². The molecule has 0 rings (SSSR count). The molecular weight excluding hydrogens is 340 g/mol. The summed E-state index contributed by atoms with van der Waals surface area (Å²) in [6.07, 6.45) is 11.9. The van der Waals surface area contributed by atoms with Gasteiger partial charge in [-0.1, -0.05) is 78.2 Å². The second kappa shape index (κ2) is 16.1. The van der Waals surface area contributed by atoms with Crippen LogP contribution in [0.25, 0.3) is 0 Å². The molecule has 0 saturated carbocycles. The van der Waals surface area contributed by atoms with E-state index in [9.17, 15) is 4.79 Å². The van der Waals surface area contributed by atoms with E-state index in [2.05, 4.69) is 27.7 Å². The molecule has 2 N–H and O–H groups in total. The lowest BCUT2D eigenvalue weighted by molar-refractivity contribution is -0.154. The smallest absolute Gasteiger partial charge is 0.337 e. The van der Waals surface area contributed by atoms with Gasteiger partial charge >= 0.3 is 5.97 Å². The number of allylic oxidation sites excluding steroid dienone is 1. The van der Waals surface area contributed by atoms with Crippen molar-refractivity contribution >= 4 is 5.97 Å². The Kier molecular flexibility index (Phi) is 15.6. The van der Waals surface area contributed by atoms with Gasteiger partial charge in [0.2, 0.25) is 0 Å². The largest absolute Gasteiger partial charge is 0.459 e. The molecule has 27 heavy (non-hydrogen) atoms. The summed E-state index contributed by atoms with van der Waals surface area (Å²) in [5.41, 5.74) is 1.20. The van der Waals surface area contributed by atoms with Crippen LogP contribution in [0.15, 0.2) is 11.6 Å². The Morgan fingerprint density at radius 1 is 0.926 bits per heavy atom. The molecule has 0 aromatic carbocycles. The highest BCUT2D eigenvalue weighted by atomic mass is 16.5. The molecule has 0 radical (unpaired) electrons. The van der Waals surface area contributed by atoms with E-state index in [1.807, 2.05) is 13.0 Å². The summed E-state index contributed by atoms with van der Waals surface area (Å²) >= 11 is 0. The lowest BCUT2D eigenvalue weighted by Crippen LogP contribution is -2.26. The average Bonchev–Trinajstić information content (AvgIpc) is 2.60. The zero-order valence-corrected chi connectivity index (χ0v) is 18.4. The molecule has 4 nitrogen and oxygen atoms in total. The first-order valence-electron chi connectivity index (χ1n) is 10.9. The highest BCUT2D eigenvalue weighted by Gasteiger charge is 2.14. The quantitative estimate of drug-likeness (QED) is 0.281. The van der Waals surface area contributed by atoms with Crippen LogP contribution in [-0.2, 0) is 9.53 Å². The van der Waals surface area contributed by atoms with Gasteiger partial charge in [0.15, 0.2) is 6.10 Å². The molecule has 0 heterocycles. The standard InChI is InChI=1S/C23H44O4/c1-18(2)9-6-10-19(3)11-7-12-20(4)13-8-14-21(5)15-16-27-23(26)22(25)17-24/h15,18-20,22,24-25H,6-14,16-17H2,1-5H3. The number of hydrogen-bond donors (Lipinski definition) is 2.